The molecule has 0 aliphatic carbocycles. The zero-order valence-electron chi connectivity index (χ0n) is 8.10. The highest BCUT2D eigenvalue weighted by molar-refractivity contribution is 5.90. The van der Waals surface area contributed by atoms with E-state index in [1.54, 1.807) is 0 Å². The summed E-state index contributed by atoms with van der Waals surface area (Å²) in [5.74, 6) is -1.13. The Balaban J connectivity index is 3.11. The van der Waals surface area contributed by atoms with Crippen LogP contribution < -0.4 is 10.5 Å². The Morgan fingerprint density at radius 3 is 2.67 bits per heavy atom. The molecule has 1 amide bonds. The van der Waals surface area contributed by atoms with Crippen LogP contribution in [0.5, 0.6) is 17.2 Å². The summed E-state index contributed by atoms with van der Waals surface area (Å²) in [5.41, 5.74) is 5.41. The summed E-state index contributed by atoms with van der Waals surface area (Å²) in [6, 6.07) is 2.76. The van der Waals surface area contributed by atoms with E-state index in [0.29, 0.717) is 5.56 Å². The Labute approximate surface area is 86.4 Å². The fraction of sp³-hybridized carbons (Fsp3) is 0.100. The first kappa shape index (κ1) is 10.9. The van der Waals surface area contributed by atoms with Gasteiger partial charge in [0.25, 0.3) is 0 Å². The van der Waals surface area contributed by atoms with Crippen molar-refractivity contribution in [2.75, 3.05) is 7.11 Å². The van der Waals surface area contributed by atoms with Crippen LogP contribution in [0.25, 0.3) is 6.08 Å². The number of aromatic hydroxyl groups is 2. The van der Waals surface area contributed by atoms with Gasteiger partial charge in [-0.25, -0.2) is 0 Å². The van der Waals surface area contributed by atoms with Gasteiger partial charge in [0.2, 0.25) is 11.7 Å². The summed E-state index contributed by atoms with van der Waals surface area (Å²) < 4.78 is 4.81. The first-order valence-electron chi connectivity index (χ1n) is 4.12. The molecule has 0 bridgehead atoms. The number of hydrogen-bond acceptors (Lipinski definition) is 4. The number of phenols is 2. The molecule has 0 atom stereocenters. The van der Waals surface area contributed by atoms with Gasteiger partial charge in [0.15, 0.2) is 11.5 Å². The molecule has 4 N–H and O–H groups in total. The number of amides is 1. The smallest absolute Gasteiger partial charge is 0.241 e. The Morgan fingerprint density at radius 2 is 2.13 bits per heavy atom. The molecule has 0 aliphatic rings. The van der Waals surface area contributed by atoms with Gasteiger partial charge < -0.3 is 20.7 Å². The zero-order valence-corrected chi connectivity index (χ0v) is 8.10. The van der Waals surface area contributed by atoms with Crippen LogP contribution in [0, 0.1) is 0 Å². The van der Waals surface area contributed by atoms with Crippen LogP contribution >= 0.6 is 0 Å². The molecule has 0 aliphatic heterocycles. The minimum Gasteiger partial charge on any atom is -0.504 e. The lowest BCUT2D eigenvalue weighted by Crippen LogP contribution is -2.05. The molecule has 5 heteroatoms. The molecule has 0 heterocycles. The van der Waals surface area contributed by atoms with Gasteiger partial charge in [-0.2, -0.15) is 0 Å². The number of primary amides is 1. The van der Waals surface area contributed by atoms with Crippen molar-refractivity contribution in [3.63, 3.8) is 0 Å². The van der Waals surface area contributed by atoms with E-state index in [9.17, 15) is 15.0 Å². The average Bonchev–Trinajstić information content (AvgIpc) is 2.19. The second-order valence-electron chi connectivity index (χ2n) is 2.83. The first-order valence-corrected chi connectivity index (χ1v) is 4.12. The van der Waals surface area contributed by atoms with Crippen molar-refractivity contribution >= 4 is 12.0 Å². The summed E-state index contributed by atoms with van der Waals surface area (Å²) >= 11 is 0. The Hall–Kier alpha value is -2.17. The molecule has 0 radical (unpaired) electrons. The zero-order chi connectivity index (χ0) is 11.4. The van der Waals surface area contributed by atoms with Crippen molar-refractivity contribution in [2.24, 2.45) is 5.73 Å². The van der Waals surface area contributed by atoms with Gasteiger partial charge >= 0.3 is 0 Å². The van der Waals surface area contributed by atoms with Crippen LogP contribution in [0.15, 0.2) is 18.2 Å². The molecule has 80 valence electrons. The molecular formula is C10H11NO4. The standard InChI is InChI=1S/C10H11NO4/c1-15-8-5-6(2-3-9(11)13)4-7(12)10(8)14/h2-5,12,14H,1H3,(H2,11,13). The van der Waals surface area contributed by atoms with Crippen LogP contribution in [0.1, 0.15) is 5.56 Å². The summed E-state index contributed by atoms with van der Waals surface area (Å²) in [7, 11) is 1.36. The first-order chi connectivity index (χ1) is 7.04. The van der Waals surface area contributed by atoms with E-state index in [-0.39, 0.29) is 17.2 Å². The van der Waals surface area contributed by atoms with E-state index >= 15 is 0 Å². The van der Waals surface area contributed by atoms with Crippen LogP contribution in [-0.2, 0) is 4.79 Å². The van der Waals surface area contributed by atoms with E-state index in [1.165, 1.54) is 25.3 Å². The van der Waals surface area contributed by atoms with Gasteiger partial charge in [-0.1, -0.05) is 0 Å². The van der Waals surface area contributed by atoms with Crippen LogP contribution in [-0.4, -0.2) is 23.2 Å². The molecule has 0 unspecified atom stereocenters. The van der Waals surface area contributed by atoms with Gasteiger partial charge in [0.1, 0.15) is 0 Å². The molecule has 0 aromatic heterocycles. The predicted octanol–water partition coefficient (Wildman–Crippen LogP) is 0.605. The van der Waals surface area contributed by atoms with E-state index < -0.39 is 5.91 Å². The van der Waals surface area contributed by atoms with E-state index in [0.717, 1.165) is 6.08 Å². The summed E-state index contributed by atoms with van der Waals surface area (Å²) in [6.45, 7) is 0. The third-order valence-electron chi connectivity index (χ3n) is 1.74. The lowest BCUT2D eigenvalue weighted by molar-refractivity contribution is -0.113. The van der Waals surface area contributed by atoms with E-state index in [2.05, 4.69) is 0 Å². The number of hydrogen-bond donors (Lipinski definition) is 3. The summed E-state index contributed by atoms with van der Waals surface area (Å²) in [4.78, 5) is 10.5. The quantitative estimate of drug-likeness (QED) is 0.502. The average molecular weight is 209 g/mol. The van der Waals surface area contributed by atoms with Crippen molar-refractivity contribution in [1.29, 1.82) is 0 Å². The number of benzene rings is 1. The SMILES string of the molecule is COc1cc(C=CC(N)=O)cc(O)c1O. The molecule has 15 heavy (non-hydrogen) atoms. The molecule has 0 fully saturated rings. The maximum atomic E-state index is 10.5. The second kappa shape index (κ2) is 4.36. The number of rotatable bonds is 3. The molecule has 0 spiro atoms. The molecular weight excluding hydrogens is 198 g/mol. The van der Waals surface area contributed by atoms with Crippen LogP contribution in [0.2, 0.25) is 0 Å². The fourth-order valence-corrected chi connectivity index (χ4v) is 1.04. The van der Waals surface area contributed by atoms with Crippen molar-refractivity contribution in [3.05, 3.63) is 23.8 Å². The number of carbonyl (C=O) groups is 1. The monoisotopic (exact) mass is 209 g/mol. The van der Waals surface area contributed by atoms with Gasteiger partial charge in [0, 0.05) is 6.08 Å². The molecule has 0 saturated carbocycles. The number of nitrogens with two attached hydrogens (primary N) is 1. The van der Waals surface area contributed by atoms with Crippen molar-refractivity contribution in [3.8, 4) is 17.2 Å². The van der Waals surface area contributed by atoms with Crippen molar-refractivity contribution in [1.82, 2.24) is 0 Å². The van der Waals surface area contributed by atoms with Crippen molar-refractivity contribution in [2.45, 2.75) is 0 Å². The largest absolute Gasteiger partial charge is 0.504 e. The minimum atomic E-state index is -0.596. The second-order valence-corrected chi connectivity index (χ2v) is 2.83. The molecule has 1 aromatic rings. The number of methoxy groups -OCH3 is 1. The molecule has 0 saturated heterocycles. The van der Waals surface area contributed by atoms with E-state index in [1.807, 2.05) is 0 Å². The number of phenolic OH excluding ortho intramolecular Hbond substituents is 2. The Bertz CT molecular complexity index is 412. The fourth-order valence-electron chi connectivity index (χ4n) is 1.04. The molecule has 5 nitrogen and oxygen atoms in total. The third-order valence-corrected chi connectivity index (χ3v) is 1.74. The topological polar surface area (TPSA) is 92.8 Å². The Kier molecular flexibility index (Phi) is 3.17. The van der Waals surface area contributed by atoms with Crippen LogP contribution in [0.3, 0.4) is 0 Å². The van der Waals surface area contributed by atoms with Gasteiger partial charge in [-0.3, -0.25) is 4.79 Å². The Morgan fingerprint density at radius 1 is 1.47 bits per heavy atom. The molecule has 1 rings (SSSR count). The van der Waals surface area contributed by atoms with Crippen molar-refractivity contribution < 1.29 is 19.7 Å². The maximum Gasteiger partial charge on any atom is 0.241 e. The summed E-state index contributed by atoms with van der Waals surface area (Å²) in [5, 5.41) is 18.6. The number of ether oxygens (including phenoxy) is 1. The summed E-state index contributed by atoms with van der Waals surface area (Å²) in [6.07, 6.45) is 2.55. The van der Waals surface area contributed by atoms with Gasteiger partial charge in [0.05, 0.1) is 7.11 Å². The minimum absolute atomic E-state index is 0.124. The highest BCUT2D eigenvalue weighted by Gasteiger charge is 2.07. The number of carbonyl (C=O) groups excluding carboxylic acids is 1. The lowest BCUT2D eigenvalue weighted by Gasteiger charge is -2.06. The highest BCUT2D eigenvalue weighted by atomic mass is 16.5. The van der Waals surface area contributed by atoms with E-state index in [4.69, 9.17) is 10.5 Å². The lowest BCUT2D eigenvalue weighted by atomic mass is 10.1. The molecule has 1 aromatic carbocycles. The third kappa shape index (κ3) is 2.63. The maximum absolute atomic E-state index is 10.5. The highest BCUT2D eigenvalue weighted by Crippen LogP contribution is 2.36. The van der Waals surface area contributed by atoms with Gasteiger partial charge in [-0.15, -0.1) is 0 Å². The normalized spacial score (nSPS) is 10.5. The van der Waals surface area contributed by atoms with Crippen LogP contribution in [0.4, 0.5) is 0 Å². The predicted molar refractivity (Wildman–Crippen MR) is 54.6 cm³/mol. The van der Waals surface area contributed by atoms with Gasteiger partial charge in [-0.05, 0) is 23.8 Å².